The largest absolute Gasteiger partial charge is 0.444 e. The van der Waals surface area contributed by atoms with Gasteiger partial charge in [0, 0.05) is 23.6 Å². The Morgan fingerprint density at radius 2 is 2.22 bits per heavy atom. The van der Waals surface area contributed by atoms with Gasteiger partial charge in [-0.1, -0.05) is 22.0 Å². The predicted octanol–water partition coefficient (Wildman–Crippen LogP) is 4.08. The lowest BCUT2D eigenvalue weighted by atomic mass is 10.0. The molecule has 1 aliphatic rings. The number of hydrogen-bond donors (Lipinski definition) is 1. The van der Waals surface area contributed by atoms with Crippen LogP contribution in [0.1, 0.15) is 39.2 Å². The quantitative estimate of drug-likeness (QED) is 0.850. The predicted molar refractivity (Wildman–Crippen MR) is 91.8 cm³/mol. The van der Waals surface area contributed by atoms with Gasteiger partial charge in [-0.25, -0.2) is 9.18 Å². The summed E-state index contributed by atoms with van der Waals surface area (Å²) in [5.74, 6) is -0.247. The number of amides is 1. The molecule has 2 rings (SSSR count). The molecule has 4 nitrogen and oxygen atoms in total. The molecular weight excluding hydrogens is 363 g/mol. The first-order valence-electron chi connectivity index (χ1n) is 7.89. The molecule has 1 aromatic rings. The van der Waals surface area contributed by atoms with Crippen LogP contribution in [-0.4, -0.2) is 35.7 Å². The molecule has 0 bridgehead atoms. The number of halogens is 2. The number of ether oxygens (including phenoxy) is 1. The van der Waals surface area contributed by atoms with Gasteiger partial charge in [0.25, 0.3) is 0 Å². The maximum absolute atomic E-state index is 13.2. The summed E-state index contributed by atoms with van der Waals surface area (Å²) >= 11 is 3.41. The lowest BCUT2D eigenvalue weighted by molar-refractivity contribution is 0.0470. The molecule has 1 amide bonds. The van der Waals surface area contributed by atoms with Crippen molar-refractivity contribution in [1.82, 2.24) is 10.2 Å². The Morgan fingerprint density at radius 3 is 2.87 bits per heavy atom. The van der Waals surface area contributed by atoms with E-state index in [0.29, 0.717) is 0 Å². The zero-order valence-corrected chi connectivity index (χ0v) is 15.5. The highest BCUT2D eigenvalue weighted by Gasteiger charge is 2.24. The fourth-order valence-electron chi connectivity index (χ4n) is 2.68. The SMILES string of the molecule is CC(C)(C)OC(=O)NC1CCCN(Cc2ccc(F)cc2Br)C1. The van der Waals surface area contributed by atoms with Gasteiger partial charge < -0.3 is 10.1 Å². The van der Waals surface area contributed by atoms with Gasteiger partial charge in [0.05, 0.1) is 0 Å². The summed E-state index contributed by atoms with van der Waals surface area (Å²) in [5, 5.41) is 2.94. The second-order valence-electron chi connectivity index (χ2n) is 6.96. The van der Waals surface area contributed by atoms with E-state index in [2.05, 4.69) is 26.1 Å². The Bertz CT molecular complexity index is 560. The number of likely N-dealkylation sites (tertiary alicyclic amines) is 1. The van der Waals surface area contributed by atoms with Gasteiger partial charge in [0.2, 0.25) is 0 Å². The first-order chi connectivity index (χ1) is 10.7. The molecule has 0 aromatic heterocycles. The molecule has 1 atom stereocenters. The molecule has 1 N–H and O–H groups in total. The summed E-state index contributed by atoms with van der Waals surface area (Å²) in [6, 6.07) is 4.83. The van der Waals surface area contributed by atoms with Crippen molar-refractivity contribution in [2.75, 3.05) is 13.1 Å². The van der Waals surface area contributed by atoms with Crippen LogP contribution in [0.5, 0.6) is 0 Å². The lowest BCUT2D eigenvalue weighted by Gasteiger charge is -2.33. The first-order valence-corrected chi connectivity index (χ1v) is 8.68. The van der Waals surface area contributed by atoms with Gasteiger partial charge in [0.1, 0.15) is 11.4 Å². The van der Waals surface area contributed by atoms with Crippen molar-refractivity contribution < 1.29 is 13.9 Å². The van der Waals surface area contributed by atoms with Gasteiger partial charge in [-0.3, -0.25) is 4.90 Å². The number of hydrogen-bond acceptors (Lipinski definition) is 3. The summed E-state index contributed by atoms with van der Waals surface area (Å²) in [7, 11) is 0. The minimum absolute atomic E-state index is 0.0813. The zero-order chi connectivity index (χ0) is 17.0. The van der Waals surface area contributed by atoms with Crippen LogP contribution in [0.2, 0.25) is 0 Å². The van der Waals surface area contributed by atoms with Crippen molar-refractivity contribution in [1.29, 1.82) is 0 Å². The van der Waals surface area contributed by atoms with Gasteiger partial charge in [-0.05, 0) is 57.9 Å². The molecule has 1 heterocycles. The van der Waals surface area contributed by atoms with E-state index in [1.54, 1.807) is 6.07 Å². The Labute approximate surface area is 145 Å². The molecule has 23 heavy (non-hydrogen) atoms. The van der Waals surface area contributed by atoms with Gasteiger partial charge in [-0.2, -0.15) is 0 Å². The van der Waals surface area contributed by atoms with Crippen LogP contribution in [0.15, 0.2) is 22.7 Å². The number of benzene rings is 1. The summed E-state index contributed by atoms with van der Waals surface area (Å²) in [6.07, 6.45) is 1.59. The monoisotopic (exact) mass is 386 g/mol. The van der Waals surface area contributed by atoms with Crippen LogP contribution in [0, 0.1) is 5.82 Å². The highest BCUT2D eigenvalue weighted by atomic mass is 79.9. The second-order valence-corrected chi connectivity index (χ2v) is 7.81. The minimum atomic E-state index is -0.489. The molecule has 1 unspecified atom stereocenters. The van der Waals surface area contributed by atoms with Crippen molar-refractivity contribution in [3.05, 3.63) is 34.1 Å². The van der Waals surface area contributed by atoms with E-state index >= 15 is 0 Å². The average Bonchev–Trinajstić information content (AvgIpc) is 2.40. The smallest absolute Gasteiger partial charge is 0.407 e. The molecular formula is C17H24BrFN2O2. The Hall–Kier alpha value is -1.14. The number of alkyl carbamates (subject to hydrolysis) is 1. The van der Waals surface area contributed by atoms with Crippen LogP contribution < -0.4 is 5.32 Å². The van der Waals surface area contributed by atoms with E-state index in [-0.39, 0.29) is 18.0 Å². The zero-order valence-electron chi connectivity index (χ0n) is 13.9. The first kappa shape index (κ1) is 18.2. The maximum atomic E-state index is 13.2. The second kappa shape index (κ2) is 7.62. The molecule has 128 valence electrons. The number of piperidine rings is 1. The molecule has 1 aliphatic heterocycles. The van der Waals surface area contributed by atoms with Crippen molar-refractivity contribution >= 4 is 22.0 Å². The summed E-state index contributed by atoms with van der Waals surface area (Å²) in [4.78, 5) is 14.1. The third-order valence-electron chi connectivity index (χ3n) is 3.64. The fourth-order valence-corrected chi connectivity index (χ4v) is 3.16. The van der Waals surface area contributed by atoms with Crippen molar-refractivity contribution in [2.24, 2.45) is 0 Å². The number of carbonyl (C=O) groups excluding carboxylic acids is 1. The van der Waals surface area contributed by atoms with E-state index in [1.807, 2.05) is 20.8 Å². The molecule has 0 radical (unpaired) electrons. The molecule has 1 fully saturated rings. The molecule has 1 aromatic carbocycles. The van der Waals surface area contributed by atoms with E-state index in [0.717, 1.165) is 42.5 Å². The van der Waals surface area contributed by atoms with Crippen molar-refractivity contribution in [2.45, 2.75) is 51.8 Å². The summed E-state index contributed by atoms with van der Waals surface area (Å²) < 4.78 is 19.2. The van der Waals surface area contributed by atoms with Gasteiger partial charge in [-0.15, -0.1) is 0 Å². The molecule has 1 saturated heterocycles. The summed E-state index contributed by atoms with van der Waals surface area (Å²) in [6.45, 7) is 8.02. The summed E-state index contributed by atoms with van der Waals surface area (Å²) in [5.41, 5.74) is 0.557. The van der Waals surface area contributed by atoms with Gasteiger partial charge in [0.15, 0.2) is 0 Å². The Balaban J connectivity index is 1.89. The number of carbonyl (C=O) groups is 1. The highest BCUT2D eigenvalue weighted by Crippen LogP contribution is 2.21. The van der Waals surface area contributed by atoms with Crippen LogP contribution in [0.25, 0.3) is 0 Å². The van der Waals surface area contributed by atoms with Crippen molar-refractivity contribution in [3.8, 4) is 0 Å². The molecule has 0 aliphatic carbocycles. The standard InChI is InChI=1S/C17H24BrFN2O2/c1-17(2,3)23-16(22)20-14-5-4-8-21(11-14)10-12-6-7-13(19)9-15(12)18/h6-7,9,14H,4-5,8,10-11H2,1-3H3,(H,20,22). The van der Waals surface area contributed by atoms with Crippen LogP contribution in [-0.2, 0) is 11.3 Å². The van der Waals surface area contributed by atoms with E-state index in [9.17, 15) is 9.18 Å². The van der Waals surface area contributed by atoms with Gasteiger partial charge >= 0.3 is 6.09 Å². The normalized spacial score (nSPS) is 19.4. The number of rotatable bonds is 3. The maximum Gasteiger partial charge on any atom is 0.407 e. The van der Waals surface area contributed by atoms with E-state index in [4.69, 9.17) is 4.74 Å². The van der Waals surface area contributed by atoms with Crippen LogP contribution >= 0.6 is 15.9 Å². The fraction of sp³-hybridized carbons (Fsp3) is 0.588. The number of nitrogens with zero attached hydrogens (tertiary/aromatic N) is 1. The minimum Gasteiger partial charge on any atom is -0.444 e. The van der Waals surface area contributed by atoms with Crippen LogP contribution in [0.4, 0.5) is 9.18 Å². The topological polar surface area (TPSA) is 41.6 Å². The highest BCUT2D eigenvalue weighted by molar-refractivity contribution is 9.10. The third-order valence-corrected chi connectivity index (χ3v) is 4.37. The van der Waals surface area contributed by atoms with E-state index < -0.39 is 5.60 Å². The third kappa shape index (κ3) is 6.11. The number of nitrogens with one attached hydrogen (secondary N) is 1. The van der Waals surface area contributed by atoms with Crippen LogP contribution in [0.3, 0.4) is 0 Å². The average molecular weight is 387 g/mol. The lowest BCUT2D eigenvalue weighted by Crippen LogP contribution is -2.48. The molecule has 6 heteroatoms. The van der Waals surface area contributed by atoms with E-state index in [1.165, 1.54) is 12.1 Å². The molecule has 0 spiro atoms. The van der Waals surface area contributed by atoms with Crippen molar-refractivity contribution in [3.63, 3.8) is 0 Å². The Kier molecular flexibility index (Phi) is 6.03. The molecule has 0 saturated carbocycles. The Morgan fingerprint density at radius 1 is 1.48 bits per heavy atom.